The van der Waals surface area contributed by atoms with Gasteiger partial charge in [-0.1, -0.05) is 6.07 Å². The highest BCUT2D eigenvalue weighted by atomic mass is 19.1. The van der Waals surface area contributed by atoms with E-state index in [-0.39, 0.29) is 11.7 Å². The van der Waals surface area contributed by atoms with Crippen LogP contribution in [-0.4, -0.2) is 43.0 Å². The van der Waals surface area contributed by atoms with E-state index in [1.807, 2.05) is 0 Å². The number of anilines is 1. The average Bonchev–Trinajstić information content (AvgIpc) is 2.32. The standard InChI is InChI=1S/C13H18FN3O/c1-10-8-15-5-6-17(10)9-13(18)16-12-4-2-3-11(14)7-12/h2-4,7,10,15H,5-6,8-9H2,1H3,(H,16,18)/t10-/m1/s1. The van der Waals surface area contributed by atoms with Crippen molar-refractivity contribution in [3.8, 4) is 0 Å². The molecule has 0 radical (unpaired) electrons. The Morgan fingerprint density at radius 3 is 3.17 bits per heavy atom. The van der Waals surface area contributed by atoms with Gasteiger partial charge in [0.25, 0.3) is 0 Å². The molecule has 0 unspecified atom stereocenters. The molecule has 98 valence electrons. The number of hydrogen-bond donors (Lipinski definition) is 2. The number of rotatable bonds is 3. The van der Waals surface area contributed by atoms with Gasteiger partial charge in [0.1, 0.15) is 5.82 Å². The zero-order valence-electron chi connectivity index (χ0n) is 10.4. The van der Waals surface area contributed by atoms with Gasteiger partial charge in [0.05, 0.1) is 6.54 Å². The molecule has 5 heteroatoms. The summed E-state index contributed by atoms with van der Waals surface area (Å²) >= 11 is 0. The summed E-state index contributed by atoms with van der Waals surface area (Å²) in [5.41, 5.74) is 0.503. The summed E-state index contributed by atoms with van der Waals surface area (Å²) in [5.74, 6) is -0.447. The number of halogens is 1. The third-order valence-corrected chi connectivity index (χ3v) is 3.09. The number of piperazine rings is 1. The quantitative estimate of drug-likeness (QED) is 0.844. The third-order valence-electron chi connectivity index (χ3n) is 3.09. The summed E-state index contributed by atoms with van der Waals surface area (Å²) in [5, 5.41) is 5.98. The number of benzene rings is 1. The van der Waals surface area contributed by atoms with Crippen molar-refractivity contribution in [2.24, 2.45) is 0 Å². The van der Waals surface area contributed by atoms with E-state index in [1.54, 1.807) is 12.1 Å². The molecule has 1 aromatic carbocycles. The lowest BCUT2D eigenvalue weighted by molar-refractivity contribution is -0.118. The van der Waals surface area contributed by atoms with Gasteiger partial charge in [-0.2, -0.15) is 0 Å². The normalized spacial score (nSPS) is 20.7. The lowest BCUT2D eigenvalue weighted by Crippen LogP contribution is -2.51. The highest BCUT2D eigenvalue weighted by Gasteiger charge is 2.20. The number of nitrogens with zero attached hydrogens (tertiary/aromatic N) is 1. The van der Waals surface area contributed by atoms with Crippen molar-refractivity contribution < 1.29 is 9.18 Å². The first-order chi connectivity index (χ1) is 8.65. The van der Waals surface area contributed by atoms with Gasteiger partial charge in [0, 0.05) is 31.4 Å². The molecule has 4 nitrogen and oxygen atoms in total. The van der Waals surface area contributed by atoms with Gasteiger partial charge in [-0.15, -0.1) is 0 Å². The SMILES string of the molecule is C[C@@H]1CNCCN1CC(=O)Nc1cccc(F)c1. The minimum atomic E-state index is -0.344. The number of amides is 1. The lowest BCUT2D eigenvalue weighted by atomic mass is 10.2. The van der Waals surface area contributed by atoms with Crippen LogP contribution in [0.5, 0.6) is 0 Å². The van der Waals surface area contributed by atoms with Crippen molar-refractivity contribution in [3.05, 3.63) is 30.1 Å². The Labute approximate surface area is 106 Å². The number of hydrogen-bond acceptors (Lipinski definition) is 3. The number of carbonyl (C=O) groups is 1. The van der Waals surface area contributed by atoms with Crippen LogP contribution in [0.15, 0.2) is 24.3 Å². The molecule has 1 aliphatic rings. The fourth-order valence-corrected chi connectivity index (χ4v) is 2.07. The van der Waals surface area contributed by atoms with Crippen LogP contribution in [-0.2, 0) is 4.79 Å². The highest BCUT2D eigenvalue weighted by molar-refractivity contribution is 5.92. The molecular formula is C13H18FN3O. The van der Waals surface area contributed by atoms with E-state index in [4.69, 9.17) is 0 Å². The molecule has 0 aromatic heterocycles. The molecule has 1 fully saturated rings. The van der Waals surface area contributed by atoms with Crippen molar-refractivity contribution in [2.75, 3.05) is 31.5 Å². The maximum atomic E-state index is 13.0. The minimum Gasteiger partial charge on any atom is -0.325 e. The molecule has 1 amide bonds. The molecule has 2 N–H and O–H groups in total. The first kappa shape index (κ1) is 13.0. The molecule has 1 aliphatic heterocycles. The summed E-state index contributed by atoms with van der Waals surface area (Å²) in [4.78, 5) is 14.0. The molecule has 0 bridgehead atoms. The maximum absolute atomic E-state index is 13.0. The number of nitrogens with one attached hydrogen (secondary N) is 2. The van der Waals surface area contributed by atoms with Gasteiger partial charge in [-0.25, -0.2) is 4.39 Å². The van der Waals surface area contributed by atoms with Gasteiger partial charge in [0.15, 0.2) is 0 Å². The molecule has 1 heterocycles. The Bertz CT molecular complexity index is 424. The van der Waals surface area contributed by atoms with E-state index >= 15 is 0 Å². The topological polar surface area (TPSA) is 44.4 Å². The van der Waals surface area contributed by atoms with Gasteiger partial charge in [0.2, 0.25) is 5.91 Å². The first-order valence-electron chi connectivity index (χ1n) is 6.15. The van der Waals surface area contributed by atoms with Crippen LogP contribution in [0.25, 0.3) is 0 Å². The molecule has 18 heavy (non-hydrogen) atoms. The van der Waals surface area contributed by atoms with Crippen LogP contribution in [0.2, 0.25) is 0 Å². The Balaban J connectivity index is 1.88. The summed E-state index contributed by atoms with van der Waals surface area (Å²) in [6.07, 6.45) is 0. The smallest absolute Gasteiger partial charge is 0.238 e. The van der Waals surface area contributed by atoms with E-state index in [2.05, 4.69) is 22.5 Å². The number of carbonyl (C=O) groups excluding carboxylic acids is 1. The Morgan fingerprint density at radius 2 is 2.44 bits per heavy atom. The van der Waals surface area contributed by atoms with E-state index in [0.29, 0.717) is 18.3 Å². The average molecular weight is 251 g/mol. The molecule has 0 saturated carbocycles. The second kappa shape index (κ2) is 5.93. The van der Waals surface area contributed by atoms with Crippen molar-refractivity contribution in [2.45, 2.75) is 13.0 Å². The van der Waals surface area contributed by atoms with Crippen LogP contribution in [0.3, 0.4) is 0 Å². The van der Waals surface area contributed by atoms with Gasteiger partial charge < -0.3 is 10.6 Å². The Hall–Kier alpha value is -1.46. The zero-order valence-corrected chi connectivity index (χ0v) is 10.4. The molecule has 1 aromatic rings. The monoisotopic (exact) mass is 251 g/mol. The van der Waals surface area contributed by atoms with Crippen LogP contribution in [0.1, 0.15) is 6.92 Å². The highest BCUT2D eigenvalue weighted by Crippen LogP contribution is 2.09. The van der Waals surface area contributed by atoms with Crippen LogP contribution < -0.4 is 10.6 Å². The predicted molar refractivity (Wildman–Crippen MR) is 68.9 cm³/mol. The van der Waals surface area contributed by atoms with Crippen molar-refractivity contribution >= 4 is 11.6 Å². The lowest BCUT2D eigenvalue weighted by Gasteiger charge is -2.33. The van der Waals surface area contributed by atoms with Crippen molar-refractivity contribution in [3.63, 3.8) is 0 Å². The molecule has 1 saturated heterocycles. The fraction of sp³-hybridized carbons (Fsp3) is 0.462. The Kier molecular flexibility index (Phi) is 4.28. The minimum absolute atomic E-state index is 0.102. The van der Waals surface area contributed by atoms with E-state index in [0.717, 1.165) is 19.6 Å². The van der Waals surface area contributed by atoms with Gasteiger partial charge >= 0.3 is 0 Å². The second-order valence-electron chi connectivity index (χ2n) is 4.58. The summed E-state index contributed by atoms with van der Waals surface area (Å²) in [6.45, 7) is 5.09. The largest absolute Gasteiger partial charge is 0.325 e. The molecule has 1 atom stereocenters. The van der Waals surface area contributed by atoms with Crippen LogP contribution in [0, 0.1) is 5.82 Å². The third kappa shape index (κ3) is 3.51. The summed E-state index contributed by atoms with van der Waals surface area (Å²) < 4.78 is 13.0. The van der Waals surface area contributed by atoms with E-state index in [1.165, 1.54) is 12.1 Å². The predicted octanol–water partition coefficient (Wildman–Crippen LogP) is 1.06. The fourth-order valence-electron chi connectivity index (χ4n) is 2.07. The van der Waals surface area contributed by atoms with Crippen LogP contribution in [0.4, 0.5) is 10.1 Å². The van der Waals surface area contributed by atoms with Crippen molar-refractivity contribution in [1.29, 1.82) is 0 Å². The molecule has 0 aliphatic carbocycles. The molecule has 0 spiro atoms. The van der Waals surface area contributed by atoms with Gasteiger partial charge in [-0.3, -0.25) is 9.69 Å². The van der Waals surface area contributed by atoms with E-state index < -0.39 is 0 Å². The molecule has 2 rings (SSSR count). The molecular weight excluding hydrogens is 233 g/mol. The van der Waals surface area contributed by atoms with Crippen LogP contribution >= 0.6 is 0 Å². The van der Waals surface area contributed by atoms with Gasteiger partial charge in [-0.05, 0) is 25.1 Å². The van der Waals surface area contributed by atoms with E-state index in [9.17, 15) is 9.18 Å². The Morgan fingerprint density at radius 1 is 1.61 bits per heavy atom. The summed E-state index contributed by atoms with van der Waals surface area (Å²) in [6, 6.07) is 6.28. The van der Waals surface area contributed by atoms with Crippen molar-refractivity contribution in [1.82, 2.24) is 10.2 Å². The first-order valence-corrected chi connectivity index (χ1v) is 6.15. The second-order valence-corrected chi connectivity index (χ2v) is 4.58. The zero-order chi connectivity index (χ0) is 13.0. The summed E-state index contributed by atoms with van der Waals surface area (Å²) in [7, 11) is 0. The maximum Gasteiger partial charge on any atom is 0.238 e.